The molecule has 2 atom stereocenters. The number of aromatic nitrogens is 6. The van der Waals surface area contributed by atoms with Crippen molar-refractivity contribution in [1.29, 1.82) is 0 Å². The second-order valence-corrected chi connectivity index (χ2v) is 8.73. The molecule has 150 valence electrons. The van der Waals surface area contributed by atoms with Crippen LogP contribution in [0.25, 0.3) is 22.0 Å². The molecule has 2 unspecified atom stereocenters. The number of nitrogens with one attached hydrogen (secondary N) is 1. The molecule has 0 aliphatic carbocycles. The van der Waals surface area contributed by atoms with Crippen LogP contribution in [-0.4, -0.2) is 54.4 Å². The molecule has 29 heavy (non-hydrogen) atoms. The van der Waals surface area contributed by atoms with E-state index in [1.165, 1.54) is 21.9 Å². The van der Waals surface area contributed by atoms with Gasteiger partial charge >= 0.3 is 0 Å². The van der Waals surface area contributed by atoms with Gasteiger partial charge in [-0.15, -0.1) is 5.10 Å². The average Bonchev–Trinajstić information content (AvgIpc) is 3.24. The van der Waals surface area contributed by atoms with Gasteiger partial charge in [-0.25, -0.2) is 14.5 Å². The molecule has 0 saturated carbocycles. The molecule has 1 saturated heterocycles. The number of anilines is 1. The quantitative estimate of drug-likeness (QED) is 0.537. The van der Waals surface area contributed by atoms with Gasteiger partial charge in [-0.2, -0.15) is 9.61 Å². The first-order valence-corrected chi connectivity index (χ1v) is 10.4. The van der Waals surface area contributed by atoms with Crippen molar-refractivity contribution in [3.63, 3.8) is 0 Å². The van der Waals surface area contributed by atoms with Gasteiger partial charge in [0.05, 0.1) is 17.6 Å². The molecule has 0 spiro atoms. The number of nitrogens with zero attached hydrogens (tertiary/aromatic N) is 7. The first kappa shape index (κ1) is 18.2. The highest BCUT2D eigenvalue weighted by Gasteiger charge is 2.24. The lowest BCUT2D eigenvalue weighted by Gasteiger charge is -2.35. The second-order valence-electron chi connectivity index (χ2n) is 7.80. The van der Waals surface area contributed by atoms with Crippen LogP contribution in [0, 0.1) is 13.8 Å². The minimum atomic E-state index is -0.204. The number of hydrogen-bond donors (Lipinski definition) is 1. The van der Waals surface area contributed by atoms with Gasteiger partial charge in [-0.05, 0) is 39.3 Å². The number of fused-ring (bicyclic) bond motifs is 2. The molecular weight excluding hydrogens is 388 g/mol. The van der Waals surface area contributed by atoms with Crippen molar-refractivity contribution < 1.29 is 0 Å². The maximum absolute atomic E-state index is 12.7. The molecule has 1 fully saturated rings. The summed E-state index contributed by atoms with van der Waals surface area (Å²) in [5, 5.41) is 13.5. The Hall–Kier alpha value is -2.85. The van der Waals surface area contributed by atoms with E-state index in [0.717, 1.165) is 35.1 Å². The molecule has 0 amide bonds. The minimum absolute atomic E-state index is 0.204. The van der Waals surface area contributed by atoms with Crippen LogP contribution in [-0.2, 0) is 0 Å². The topological polar surface area (TPSA) is 92.7 Å². The Morgan fingerprint density at radius 1 is 1.07 bits per heavy atom. The molecule has 4 aromatic heterocycles. The van der Waals surface area contributed by atoms with Crippen molar-refractivity contribution in [1.82, 2.24) is 34.5 Å². The standard InChI is InChI=1S/C19H22N8OS/c1-10-5-15(23-26-9-13(4)21-17(10)26)14-6-16(28)27-18(22-14)29-19(24-27)25-7-11(2)20-12(3)8-25/h5-6,9,11-12,20H,7-8H2,1-4H3. The number of rotatable bonds is 2. The molecule has 4 aromatic rings. The summed E-state index contributed by atoms with van der Waals surface area (Å²) >= 11 is 1.43. The largest absolute Gasteiger partial charge is 0.344 e. The number of aryl methyl sites for hydroxylation is 2. The summed E-state index contributed by atoms with van der Waals surface area (Å²) in [4.78, 5) is 24.7. The smallest absolute Gasteiger partial charge is 0.275 e. The molecule has 10 heteroatoms. The van der Waals surface area contributed by atoms with Gasteiger partial charge < -0.3 is 10.2 Å². The normalized spacial score (nSPS) is 20.1. The third-order valence-electron chi connectivity index (χ3n) is 5.05. The summed E-state index contributed by atoms with van der Waals surface area (Å²) in [7, 11) is 0. The van der Waals surface area contributed by atoms with Crippen molar-refractivity contribution >= 4 is 27.1 Å². The minimum Gasteiger partial charge on any atom is -0.344 e. The van der Waals surface area contributed by atoms with Crippen molar-refractivity contribution in [3.8, 4) is 11.4 Å². The highest BCUT2D eigenvalue weighted by atomic mass is 32.1. The highest BCUT2D eigenvalue weighted by Crippen LogP contribution is 2.25. The summed E-state index contributed by atoms with van der Waals surface area (Å²) in [6.07, 6.45) is 1.87. The summed E-state index contributed by atoms with van der Waals surface area (Å²) in [6.45, 7) is 9.92. The van der Waals surface area contributed by atoms with Gasteiger partial charge in [0.1, 0.15) is 5.69 Å². The van der Waals surface area contributed by atoms with E-state index in [4.69, 9.17) is 4.98 Å². The van der Waals surface area contributed by atoms with E-state index in [-0.39, 0.29) is 5.56 Å². The Morgan fingerprint density at radius 3 is 2.59 bits per heavy atom. The van der Waals surface area contributed by atoms with Crippen LogP contribution in [0.5, 0.6) is 0 Å². The van der Waals surface area contributed by atoms with Gasteiger partial charge in [-0.3, -0.25) is 4.79 Å². The van der Waals surface area contributed by atoms with Crippen molar-refractivity contribution in [2.45, 2.75) is 39.8 Å². The SMILES string of the molecule is Cc1cn2nc(-c3cc(=O)n4nc(N5CC(C)NC(C)C5)sc4n3)cc(C)c2n1. The predicted octanol–water partition coefficient (Wildman–Crippen LogP) is 1.66. The molecule has 1 aliphatic rings. The van der Waals surface area contributed by atoms with Gasteiger partial charge in [0.2, 0.25) is 10.1 Å². The van der Waals surface area contributed by atoms with Crippen LogP contribution in [0.2, 0.25) is 0 Å². The van der Waals surface area contributed by atoms with Gasteiger partial charge in [-0.1, -0.05) is 11.3 Å². The lowest BCUT2D eigenvalue weighted by molar-refractivity contribution is 0.406. The molecule has 5 rings (SSSR count). The van der Waals surface area contributed by atoms with Crippen LogP contribution in [0.1, 0.15) is 25.1 Å². The molecular formula is C19H22N8OS. The molecule has 1 aliphatic heterocycles. The predicted molar refractivity (Wildman–Crippen MR) is 113 cm³/mol. The summed E-state index contributed by atoms with van der Waals surface area (Å²) in [5.41, 5.74) is 3.68. The van der Waals surface area contributed by atoms with E-state index in [2.05, 4.69) is 39.2 Å². The maximum atomic E-state index is 12.7. The van der Waals surface area contributed by atoms with E-state index in [1.54, 1.807) is 4.52 Å². The van der Waals surface area contributed by atoms with Crippen molar-refractivity contribution in [3.05, 3.63) is 39.9 Å². The Labute approximate surface area is 171 Å². The Bertz CT molecular complexity index is 1280. The maximum Gasteiger partial charge on any atom is 0.275 e. The Morgan fingerprint density at radius 2 is 1.83 bits per heavy atom. The van der Waals surface area contributed by atoms with Crippen molar-refractivity contribution in [2.24, 2.45) is 0 Å². The van der Waals surface area contributed by atoms with Crippen LogP contribution in [0.4, 0.5) is 5.13 Å². The fourth-order valence-electron chi connectivity index (χ4n) is 3.91. The van der Waals surface area contributed by atoms with E-state index in [0.29, 0.717) is 28.4 Å². The van der Waals surface area contributed by atoms with E-state index >= 15 is 0 Å². The molecule has 1 N–H and O–H groups in total. The zero-order valence-corrected chi connectivity index (χ0v) is 17.6. The Kier molecular flexibility index (Phi) is 4.14. The molecule has 0 bridgehead atoms. The third kappa shape index (κ3) is 3.18. The molecule has 5 heterocycles. The summed E-state index contributed by atoms with van der Waals surface area (Å²) in [5.74, 6) is 0. The molecule has 0 aromatic carbocycles. The monoisotopic (exact) mass is 410 g/mol. The highest BCUT2D eigenvalue weighted by molar-refractivity contribution is 7.20. The fraction of sp³-hybridized carbons (Fsp3) is 0.421. The second kappa shape index (κ2) is 6.60. The average molecular weight is 411 g/mol. The molecule has 9 nitrogen and oxygen atoms in total. The van der Waals surface area contributed by atoms with Gasteiger partial charge in [0, 0.05) is 31.2 Å². The lowest BCUT2D eigenvalue weighted by atomic mass is 10.2. The summed E-state index contributed by atoms with van der Waals surface area (Å²) < 4.78 is 3.12. The number of hydrogen-bond acceptors (Lipinski definition) is 8. The van der Waals surface area contributed by atoms with E-state index in [9.17, 15) is 4.79 Å². The number of piperazine rings is 1. The van der Waals surface area contributed by atoms with Gasteiger partial charge in [0.15, 0.2) is 5.65 Å². The third-order valence-corrected chi connectivity index (χ3v) is 6.02. The first-order valence-electron chi connectivity index (χ1n) is 9.63. The number of imidazole rings is 1. The fourth-order valence-corrected chi connectivity index (χ4v) is 4.84. The van der Waals surface area contributed by atoms with Crippen LogP contribution >= 0.6 is 11.3 Å². The van der Waals surface area contributed by atoms with E-state index < -0.39 is 0 Å². The Balaban J connectivity index is 1.59. The van der Waals surface area contributed by atoms with Crippen molar-refractivity contribution in [2.75, 3.05) is 18.0 Å². The zero-order valence-electron chi connectivity index (χ0n) is 16.7. The van der Waals surface area contributed by atoms with Crippen LogP contribution < -0.4 is 15.8 Å². The zero-order chi connectivity index (χ0) is 20.3. The van der Waals surface area contributed by atoms with Gasteiger partial charge in [0.25, 0.3) is 5.56 Å². The van der Waals surface area contributed by atoms with E-state index in [1.807, 2.05) is 26.1 Å². The lowest BCUT2D eigenvalue weighted by Crippen LogP contribution is -2.54. The van der Waals surface area contributed by atoms with Crippen LogP contribution in [0.3, 0.4) is 0 Å². The molecule has 0 radical (unpaired) electrons. The van der Waals surface area contributed by atoms with Crippen LogP contribution in [0.15, 0.2) is 23.1 Å². The first-order chi connectivity index (χ1) is 13.9. The summed E-state index contributed by atoms with van der Waals surface area (Å²) in [6, 6.07) is 4.14.